The number of quaternary nitrogens is 1. The van der Waals surface area contributed by atoms with E-state index in [0.29, 0.717) is 46.7 Å². The third-order valence-electron chi connectivity index (χ3n) is 14.8. The number of aliphatic carboxylic acids is 1. The molecule has 10 heteroatoms. The number of nitrogens with zero attached hydrogens (tertiary/aromatic N) is 2. The van der Waals surface area contributed by atoms with Gasteiger partial charge in [0.05, 0.1) is 54.1 Å². The minimum atomic E-state index is -0.675. The Morgan fingerprint density at radius 1 is 0.652 bits per heavy atom. The molecule has 10 nitrogen and oxygen atoms in total. The fourth-order valence-electron chi connectivity index (χ4n) is 10.8. The van der Waals surface area contributed by atoms with E-state index >= 15 is 0 Å². The number of hydrogen-bond donors (Lipinski definition) is 1. The molecule has 8 rings (SSSR count). The molecular formula is C56H77N2O8+. The quantitative estimate of drug-likeness (QED) is 0.0611. The van der Waals surface area contributed by atoms with Crippen LogP contribution in [-0.4, -0.2) is 82.6 Å². The number of hydrogen-bond acceptors (Lipinski definition) is 8. The number of ether oxygens (including phenoxy) is 6. The highest BCUT2D eigenvalue weighted by Crippen LogP contribution is 2.53. The first kappa shape index (κ1) is 49.0. The zero-order valence-electron chi connectivity index (χ0n) is 40.9. The van der Waals surface area contributed by atoms with Gasteiger partial charge in [-0.05, 0) is 109 Å². The van der Waals surface area contributed by atoms with Gasteiger partial charge in [-0.1, -0.05) is 95.2 Å². The number of carboxylic acid groups (broad SMARTS) is 1. The maximum absolute atomic E-state index is 10.7. The fraction of sp³-hybridized carbons (Fsp3) is 0.554. The molecule has 4 aliphatic rings. The lowest BCUT2D eigenvalue weighted by atomic mass is 9.85. The average Bonchev–Trinajstić information content (AvgIpc) is 3.31. The molecule has 0 saturated carbocycles. The normalized spacial score (nSPS) is 18.9. The molecule has 0 aliphatic carbocycles. The van der Waals surface area contributed by atoms with Crippen LogP contribution in [-0.2, 0) is 30.5 Å². The smallest absolute Gasteiger partial charge is 0.303 e. The molecule has 4 heterocycles. The summed E-state index contributed by atoms with van der Waals surface area (Å²) in [5.74, 6) is 4.88. The average molecular weight is 906 g/mol. The molecule has 0 amide bonds. The SMILES string of the molecule is COc1ccc2cc1Oc1ccc(cc1)CC1c3cc(c(OC)cc3CCN1C)Oc1c(OC)c(OC)cc3c1C(C2)[N+](C)(CCCCCCCCCCCCCCCCCC(=O)O)CC3. The summed E-state index contributed by atoms with van der Waals surface area (Å²) in [6.07, 6.45) is 22.1. The zero-order valence-corrected chi connectivity index (χ0v) is 40.9. The number of carbonyl (C=O) groups is 1. The van der Waals surface area contributed by atoms with Gasteiger partial charge in [-0.15, -0.1) is 0 Å². The number of likely N-dealkylation sites (N-methyl/N-ethyl adjacent to an activating group) is 2. The van der Waals surface area contributed by atoms with Crippen molar-refractivity contribution in [2.45, 2.75) is 141 Å². The van der Waals surface area contributed by atoms with Crippen molar-refractivity contribution in [3.05, 3.63) is 94.0 Å². The van der Waals surface area contributed by atoms with Crippen molar-refractivity contribution in [3.8, 4) is 46.0 Å². The van der Waals surface area contributed by atoms with E-state index in [-0.39, 0.29) is 12.1 Å². The van der Waals surface area contributed by atoms with Crippen LogP contribution in [0, 0.1) is 0 Å². The molecule has 0 saturated heterocycles. The van der Waals surface area contributed by atoms with Crippen molar-refractivity contribution < 1.29 is 42.8 Å². The summed E-state index contributed by atoms with van der Waals surface area (Å²) in [4.78, 5) is 13.1. The molecule has 6 bridgehead atoms. The van der Waals surface area contributed by atoms with Crippen LogP contribution < -0.4 is 28.4 Å². The van der Waals surface area contributed by atoms with Gasteiger partial charge in [-0.25, -0.2) is 0 Å². The summed E-state index contributed by atoms with van der Waals surface area (Å²) in [6, 6.07) is 21.7. The van der Waals surface area contributed by atoms with Crippen LogP contribution in [0.25, 0.3) is 0 Å². The summed E-state index contributed by atoms with van der Waals surface area (Å²) in [7, 11) is 11.5. The minimum absolute atomic E-state index is 0.0439. The molecule has 4 aromatic carbocycles. The molecule has 358 valence electrons. The second-order valence-electron chi connectivity index (χ2n) is 19.3. The second-order valence-corrected chi connectivity index (χ2v) is 19.3. The molecule has 0 radical (unpaired) electrons. The van der Waals surface area contributed by atoms with Crippen molar-refractivity contribution in [1.29, 1.82) is 0 Å². The maximum Gasteiger partial charge on any atom is 0.303 e. The van der Waals surface area contributed by atoms with E-state index in [1.54, 1.807) is 28.4 Å². The van der Waals surface area contributed by atoms with E-state index in [2.05, 4.69) is 73.6 Å². The van der Waals surface area contributed by atoms with E-state index in [0.717, 1.165) is 86.8 Å². The van der Waals surface area contributed by atoms with Crippen molar-refractivity contribution in [3.63, 3.8) is 0 Å². The number of rotatable bonds is 22. The molecule has 3 atom stereocenters. The predicted octanol–water partition coefficient (Wildman–Crippen LogP) is 13.0. The molecule has 4 aromatic rings. The van der Waals surface area contributed by atoms with Gasteiger partial charge in [0.25, 0.3) is 0 Å². The first-order valence-corrected chi connectivity index (χ1v) is 25.0. The lowest BCUT2D eigenvalue weighted by Gasteiger charge is -2.46. The second kappa shape index (κ2) is 23.7. The lowest BCUT2D eigenvalue weighted by molar-refractivity contribution is -0.941. The topological polar surface area (TPSA) is 95.9 Å². The minimum Gasteiger partial charge on any atom is -0.493 e. The zero-order chi connectivity index (χ0) is 46.5. The van der Waals surface area contributed by atoms with Crippen molar-refractivity contribution in [2.75, 3.05) is 62.2 Å². The Bertz CT molecular complexity index is 2210. The monoisotopic (exact) mass is 906 g/mol. The number of carboxylic acids is 1. The van der Waals surface area contributed by atoms with Crippen molar-refractivity contribution >= 4 is 5.97 Å². The van der Waals surface area contributed by atoms with Crippen LogP contribution in [0.2, 0.25) is 0 Å². The van der Waals surface area contributed by atoms with Gasteiger partial charge < -0.3 is 38.0 Å². The Hall–Kier alpha value is -4.93. The van der Waals surface area contributed by atoms with Gasteiger partial charge >= 0.3 is 5.97 Å². The third kappa shape index (κ3) is 12.1. The number of methoxy groups -OCH3 is 4. The van der Waals surface area contributed by atoms with Crippen LogP contribution in [0.5, 0.6) is 46.0 Å². The van der Waals surface area contributed by atoms with E-state index in [4.69, 9.17) is 33.5 Å². The van der Waals surface area contributed by atoms with Gasteiger partial charge in [0.15, 0.2) is 34.5 Å². The van der Waals surface area contributed by atoms with Gasteiger partial charge in [0, 0.05) is 31.8 Å². The summed E-state index contributed by atoms with van der Waals surface area (Å²) in [5.41, 5.74) is 7.33. The molecule has 0 spiro atoms. The Balaban J connectivity index is 1.12. The Kier molecular flexibility index (Phi) is 17.6. The first-order chi connectivity index (χ1) is 32.1. The molecule has 4 aliphatic heterocycles. The van der Waals surface area contributed by atoms with Crippen molar-refractivity contribution in [2.24, 2.45) is 0 Å². The van der Waals surface area contributed by atoms with Crippen LogP contribution in [0.4, 0.5) is 0 Å². The standard InChI is InChI=1S/C56H76N2O8/c1-57-31-29-42-37-49(62-4)51-39-45(42)46(57)34-40-23-26-44(27-24-40)65-50-36-41(25-28-48(50)61-3)35-47-54-43(38-52(63-5)55(64-6)56(54)66-51)30-33-58(47,2)32-21-19-17-15-13-11-9-7-8-10-12-14-16-18-20-22-53(59)60/h23-28,36-39,46-47H,7-22,29-35H2,1-6H3/p+1. The molecular weight excluding hydrogens is 829 g/mol. The number of unbranched alkanes of at least 4 members (excludes halogenated alkanes) is 14. The van der Waals surface area contributed by atoms with E-state index in [1.807, 2.05) is 6.07 Å². The molecule has 0 aromatic heterocycles. The Morgan fingerprint density at radius 2 is 1.24 bits per heavy atom. The highest BCUT2D eigenvalue weighted by molar-refractivity contribution is 5.66. The van der Waals surface area contributed by atoms with Gasteiger partial charge in [-0.2, -0.15) is 0 Å². The summed E-state index contributed by atoms with van der Waals surface area (Å²) in [5, 5.41) is 8.81. The van der Waals surface area contributed by atoms with E-state index in [9.17, 15) is 4.79 Å². The third-order valence-corrected chi connectivity index (χ3v) is 14.8. The van der Waals surface area contributed by atoms with Crippen LogP contribution in [0.3, 0.4) is 0 Å². The van der Waals surface area contributed by atoms with Gasteiger partial charge in [-0.3, -0.25) is 9.69 Å². The molecule has 66 heavy (non-hydrogen) atoms. The molecule has 1 N–H and O–H groups in total. The molecule has 0 fully saturated rings. The van der Waals surface area contributed by atoms with Crippen LogP contribution >= 0.6 is 0 Å². The summed E-state index contributed by atoms with van der Waals surface area (Å²) >= 11 is 0. The summed E-state index contributed by atoms with van der Waals surface area (Å²) < 4.78 is 39.2. The van der Waals surface area contributed by atoms with Crippen molar-refractivity contribution in [1.82, 2.24) is 4.90 Å². The van der Waals surface area contributed by atoms with E-state index in [1.165, 1.54) is 98.4 Å². The highest BCUT2D eigenvalue weighted by Gasteiger charge is 2.43. The largest absolute Gasteiger partial charge is 0.493 e. The lowest BCUT2D eigenvalue weighted by Crippen LogP contribution is -2.52. The van der Waals surface area contributed by atoms with Gasteiger partial charge in [0.1, 0.15) is 11.8 Å². The Labute approximate surface area is 395 Å². The van der Waals surface area contributed by atoms with E-state index < -0.39 is 5.97 Å². The van der Waals surface area contributed by atoms with Crippen LogP contribution in [0.15, 0.2) is 60.7 Å². The number of fused-ring (bicyclic) bond motifs is 2. The maximum atomic E-state index is 10.7. The molecule has 3 unspecified atom stereocenters. The first-order valence-electron chi connectivity index (χ1n) is 25.0. The summed E-state index contributed by atoms with van der Waals surface area (Å²) in [6.45, 7) is 3.01. The van der Waals surface area contributed by atoms with Gasteiger partial charge in [0.2, 0.25) is 5.75 Å². The fourth-order valence-corrected chi connectivity index (χ4v) is 10.8. The Morgan fingerprint density at radius 3 is 1.86 bits per heavy atom. The predicted molar refractivity (Wildman–Crippen MR) is 262 cm³/mol. The van der Waals surface area contributed by atoms with Crippen LogP contribution in [0.1, 0.15) is 148 Å². The number of benzene rings is 4. The highest BCUT2D eigenvalue weighted by atomic mass is 16.5.